The number of aliphatic hydroxyl groups is 1. The number of aliphatic hydroxyl groups excluding tert-OH is 1. The van der Waals surface area contributed by atoms with Gasteiger partial charge in [-0.3, -0.25) is 4.79 Å². The Kier molecular flexibility index (Phi) is 7.09. The predicted octanol–water partition coefficient (Wildman–Crippen LogP) is 1.02. The van der Waals surface area contributed by atoms with E-state index < -0.39 is 0 Å². The van der Waals surface area contributed by atoms with Gasteiger partial charge in [-0.25, -0.2) is 0 Å². The quantitative estimate of drug-likeness (QED) is 0.680. The van der Waals surface area contributed by atoms with E-state index in [0.717, 1.165) is 0 Å². The van der Waals surface area contributed by atoms with Crippen LogP contribution in [0.2, 0.25) is 0 Å². The van der Waals surface area contributed by atoms with Gasteiger partial charge in [-0.05, 0) is 18.6 Å². The van der Waals surface area contributed by atoms with E-state index in [1.807, 2.05) is 0 Å². The molecule has 0 aromatic heterocycles. The lowest BCUT2D eigenvalue weighted by molar-refractivity contribution is -0.118. The molecule has 4 heteroatoms. The van der Waals surface area contributed by atoms with Crippen LogP contribution in [-0.4, -0.2) is 34.7 Å². The van der Waals surface area contributed by atoms with Crippen molar-refractivity contribution < 1.29 is 9.90 Å². The van der Waals surface area contributed by atoms with Gasteiger partial charge in [0.2, 0.25) is 5.91 Å². The summed E-state index contributed by atoms with van der Waals surface area (Å²) in [5, 5.41) is 12.2. The Labute approximate surface area is 84.3 Å². The molecule has 78 valence electrons. The SMILES string of the molecule is CC(O)CCNC(=O)CSC(C)C. The highest BCUT2D eigenvalue weighted by atomic mass is 32.2. The molecular formula is C9H19NO2S. The molecule has 1 amide bonds. The van der Waals surface area contributed by atoms with Gasteiger partial charge >= 0.3 is 0 Å². The number of carbonyl (C=O) groups excluding carboxylic acids is 1. The van der Waals surface area contributed by atoms with Crippen molar-refractivity contribution in [2.75, 3.05) is 12.3 Å². The highest BCUT2D eigenvalue weighted by Gasteiger charge is 2.03. The van der Waals surface area contributed by atoms with E-state index in [9.17, 15) is 4.79 Å². The van der Waals surface area contributed by atoms with Gasteiger partial charge in [0.05, 0.1) is 11.9 Å². The molecule has 0 spiro atoms. The highest BCUT2D eigenvalue weighted by Crippen LogP contribution is 2.07. The largest absolute Gasteiger partial charge is 0.393 e. The molecule has 0 aromatic carbocycles. The number of thioether (sulfide) groups is 1. The minimum absolute atomic E-state index is 0.0550. The van der Waals surface area contributed by atoms with E-state index in [-0.39, 0.29) is 12.0 Å². The fourth-order valence-corrected chi connectivity index (χ4v) is 1.30. The van der Waals surface area contributed by atoms with Crippen LogP contribution in [0.3, 0.4) is 0 Å². The van der Waals surface area contributed by atoms with E-state index in [0.29, 0.717) is 24.0 Å². The number of nitrogens with one attached hydrogen (secondary N) is 1. The fraction of sp³-hybridized carbons (Fsp3) is 0.889. The van der Waals surface area contributed by atoms with E-state index in [2.05, 4.69) is 19.2 Å². The molecular weight excluding hydrogens is 186 g/mol. The molecule has 0 fully saturated rings. The molecule has 0 bridgehead atoms. The van der Waals surface area contributed by atoms with Gasteiger partial charge in [-0.15, -0.1) is 11.8 Å². The number of rotatable bonds is 6. The van der Waals surface area contributed by atoms with Crippen molar-refractivity contribution in [2.45, 2.75) is 38.5 Å². The summed E-state index contributed by atoms with van der Waals surface area (Å²) in [4.78, 5) is 11.1. The van der Waals surface area contributed by atoms with E-state index in [1.165, 1.54) is 0 Å². The van der Waals surface area contributed by atoms with Crippen LogP contribution in [0.5, 0.6) is 0 Å². The zero-order valence-electron chi connectivity index (χ0n) is 8.54. The highest BCUT2D eigenvalue weighted by molar-refractivity contribution is 8.00. The second kappa shape index (κ2) is 7.21. The molecule has 0 radical (unpaired) electrons. The van der Waals surface area contributed by atoms with Crippen molar-refractivity contribution in [1.29, 1.82) is 0 Å². The van der Waals surface area contributed by atoms with Crippen molar-refractivity contribution >= 4 is 17.7 Å². The van der Waals surface area contributed by atoms with Gasteiger partial charge in [0.1, 0.15) is 0 Å². The Balaban J connectivity index is 3.30. The summed E-state index contributed by atoms with van der Waals surface area (Å²) in [6.07, 6.45) is 0.288. The first-order valence-corrected chi connectivity index (χ1v) is 5.63. The normalized spacial score (nSPS) is 13.0. The van der Waals surface area contributed by atoms with Crippen LogP contribution < -0.4 is 5.32 Å². The van der Waals surface area contributed by atoms with Crippen LogP contribution >= 0.6 is 11.8 Å². The molecule has 2 N–H and O–H groups in total. The van der Waals surface area contributed by atoms with Crippen molar-refractivity contribution in [1.82, 2.24) is 5.32 Å². The molecule has 3 nitrogen and oxygen atoms in total. The molecule has 1 unspecified atom stereocenters. The van der Waals surface area contributed by atoms with Gasteiger partial charge in [0.15, 0.2) is 0 Å². The predicted molar refractivity (Wildman–Crippen MR) is 56.9 cm³/mol. The number of hydrogen-bond donors (Lipinski definition) is 2. The molecule has 13 heavy (non-hydrogen) atoms. The molecule has 0 heterocycles. The smallest absolute Gasteiger partial charge is 0.230 e. The van der Waals surface area contributed by atoms with Gasteiger partial charge in [0, 0.05) is 6.54 Å². The van der Waals surface area contributed by atoms with Crippen LogP contribution in [0.1, 0.15) is 27.2 Å². The maximum Gasteiger partial charge on any atom is 0.230 e. The first-order chi connectivity index (χ1) is 6.02. The number of amides is 1. The Bertz CT molecular complexity index is 149. The molecule has 0 saturated carbocycles. The zero-order valence-corrected chi connectivity index (χ0v) is 9.36. The monoisotopic (exact) mass is 205 g/mol. The van der Waals surface area contributed by atoms with Crippen LogP contribution in [0, 0.1) is 0 Å². The maximum absolute atomic E-state index is 11.1. The van der Waals surface area contributed by atoms with E-state index >= 15 is 0 Å². The topological polar surface area (TPSA) is 49.3 Å². The Hall–Kier alpha value is -0.220. The average molecular weight is 205 g/mol. The van der Waals surface area contributed by atoms with Gasteiger partial charge in [-0.1, -0.05) is 13.8 Å². The van der Waals surface area contributed by atoms with Gasteiger partial charge in [-0.2, -0.15) is 0 Å². The summed E-state index contributed by atoms with van der Waals surface area (Å²) in [5.41, 5.74) is 0. The molecule has 0 aromatic rings. The Morgan fingerprint density at radius 3 is 2.54 bits per heavy atom. The van der Waals surface area contributed by atoms with Crippen molar-refractivity contribution in [3.63, 3.8) is 0 Å². The van der Waals surface area contributed by atoms with Gasteiger partial charge in [0.25, 0.3) is 0 Å². The van der Waals surface area contributed by atoms with Crippen LogP contribution in [-0.2, 0) is 4.79 Å². The zero-order chi connectivity index (χ0) is 10.3. The standard InChI is InChI=1S/C9H19NO2S/c1-7(2)13-6-9(12)10-5-4-8(3)11/h7-8,11H,4-6H2,1-3H3,(H,10,12). The summed E-state index contributed by atoms with van der Waals surface area (Å²) < 4.78 is 0. The first kappa shape index (κ1) is 12.8. The van der Waals surface area contributed by atoms with E-state index in [1.54, 1.807) is 18.7 Å². The van der Waals surface area contributed by atoms with Crippen LogP contribution in [0.25, 0.3) is 0 Å². The lowest BCUT2D eigenvalue weighted by Crippen LogP contribution is -2.28. The van der Waals surface area contributed by atoms with E-state index in [4.69, 9.17) is 5.11 Å². The third-order valence-electron chi connectivity index (χ3n) is 1.43. The second-order valence-corrected chi connectivity index (χ2v) is 4.91. The van der Waals surface area contributed by atoms with Crippen LogP contribution in [0.4, 0.5) is 0 Å². The summed E-state index contributed by atoms with van der Waals surface area (Å²) >= 11 is 1.62. The lowest BCUT2D eigenvalue weighted by atomic mass is 10.3. The minimum atomic E-state index is -0.335. The second-order valence-electron chi connectivity index (χ2n) is 3.35. The third kappa shape index (κ3) is 9.70. The van der Waals surface area contributed by atoms with Crippen molar-refractivity contribution in [3.8, 4) is 0 Å². The lowest BCUT2D eigenvalue weighted by Gasteiger charge is -2.07. The summed E-state index contributed by atoms with van der Waals surface area (Å²) in [6, 6.07) is 0. The molecule has 0 saturated heterocycles. The molecule has 0 rings (SSSR count). The van der Waals surface area contributed by atoms with Crippen molar-refractivity contribution in [2.24, 2.45) is 0 Å². The van der Waals surface area contributed by atoms with Crippen LogP contribution in [0.15, 0.2) is 0 Å². The number of carbonyl (C=O) groups is 1. The Morgan fingerprint density at radius 1 is 1.46 bits per heavy atom. The summed E-state index contributed by atoms with van der Waals surface area (Å²) in [7, 11) is 0. The molecule has 0 aliphatic carbocycles. The third-order valence-corrected chi connectivity index (χ3v) is 2.53. The summed E-state index contributed by atoms with van der Waals surface area (Å²) in [5.74, 6) is 0.566. The molecule has 0 aliphatic heterocycles. The molecule has 1 atom stereocenters. The maximum atomic E-state index is 11.1. The van der Waals surface area contributed by atoms with Crippen molar-refractivity contribution in [3.05, 3.63) is 0 Å². The first-order valence-electron chi connectivity index (χ1n) is 4.58. The van der Waals surface area contributed by atoms with Gasteiger partial charge < -0.3 is 10.4 Å². The fourth-order valence-electron chi connectivity index (χ4n) is 0.714. The molecule has 0 aliphatic rings. The Morgan fingerprint density at radius 2 is 2.08 bits per heavy atom. The average Bonchev–Trinajstić information content (AvgIpc) is 2.00. The summed E-state index contributed by atoms with van der Waals surface area (Å²) in [6.45, 7) is 6.41. The number of hydrogen-bond acceptors (Lipinski definition) is 3. The minimum Gasteiger partial charge on any atom is -0.393 e.